The fraction of sp³-hybridized carbons (Fsp3) is 0.222. The van der Waals surface area contributed by atoms with Crippen LogP contribution >= 0.6 is 0 Å². The maximum atomic E-state index is 13.4. The summed E-state index contributed by atoms with van der Waals surface area (Å²) in [5.41, 5.74) is 0.534. The lowest BCUT2D eigenvalue weighted by Crippen LogP contribution is -2.24. The number of nitrogens with one attached hydrogen (secondary N) is 1. The Morgan fingerprint density at radius 3 is 2.38 bits per heavy atom. The summed E-state index contributed by atoms with van der Waals surface area (Å²) in [5, 5.41) is 4.29. The van der Waals surface area contributed by atoms with Crippen LogP contribution in [0.3, 0.4) is 0 Å². The van der Waals surface area contributed by atoms with Crippen LogP contribution in [0.25, 0.3) is 5.82 Å². The van der Waals surface area contributed by atoms with Crippen LogP contribution in [-0.4, -0.2) is 23.2 Å². The van der Waals surface area contributed by atoms with Crippen LogP contribution in [0.5, 0.6) is 0 Å². The van der Waals surface area contributed by atoms with E-state index in [1.165, 1.54) is 6.20 Å². The van der Waals surface area contributed by atoms with E-state index in [0.717, 1.165) is 17.5 Å². The van der Waals surface area contributed by atoms with Gasteiger partial charge in [-0.2, -0.15) is 18.3 Å². The van der Waals surface area contributed by atoms with Gasteiger partial charge in [-0.15, -0.1) is 0 Å². The molecule has 154 valence electrons. The van der Waals surface area contributed by atoms with Gasteiger partial charge in [-0.3, -0.25) is 0 Å². The van der Waals surface area contributed by atoms with E-state index in [1.807, 2.05) is 19.9 Å². The maximum Gasteiger partial charge on any atom is 0.419 e. The summed E-state index contributed by atoms with van der Waals surface area (Å²) in [6.07, 6.45) is -3.57. The SMILES string of the molecule is Cc1cc(C)n(-c2ccc(CNS(=O)(=O)c3ccc(F)c(C(F)(F)F)c3)cn2)n1. The number of halogens is 4. The van der Waals surface area contributed by atoms with Crippen LogP contribution in [0.15, 0.2) is 47.5 Å². The zero-order valence-corrected chi connectivity index (χ0v) is 16.1. The number of pyridine rings is 1. The molecule has 0 unspecified atom stereocenters. The van der Waals surface area contributed by atoms with Gasteiger partial charge in [0.25, 0.3) is 0 Å². The van der Waals surface area contributed by atoms with E-state index in [-0.39, 0.29) is 12.6 Å². The molecule has 3 rings (SSSR count). The fourth-order valence-electron chi connectivity index (χ4n) is 2.66. The Kier molecular flexibility index (Phi) is 5.46. The van der Waals surface area contributed by atoms with Crippen molar-refractivity contribution in [3.63, 3.8) is 0 Å². The van der Waals surface area contributed by atoms with Gasteiger partial charge < -0.3 is 0 Å². The molecular formula is C18H16F4N4O2S. The molecule has 0 aliphatic heterocycles. The molecule has 0 aliphatic rings. The minimum atomic E-state index is -5.00. The van der Waals surface area contributed by atoms with Crippen molar-refractivity contribution in [2.24, 2.45) is 0 Å². The first-order valence-electron chi connectivity index (χ1n) is 8.32. The van der Waals surface area contributed by atoms with Gasteiger partial charge in [-0.05, 0) is 49.7 Å². The molecule has 0 saturated carbocycles. The number of rotatable bonds is 5. The smallest absolute Gasteiger partial charge is 0.237 e. The largest absolute Gasteiger partial charge is 0.419 e. The first kappa shape index (κ1) is 20.9. The quantitative estimate of drug-likeness (QED) is 0.631. The molecule has 6 nitrogen and oxygen atoms in total. The third kappa shape index (κ3) is 4.62. The van der Waals surface area contributed by atoms with E-state index >= 15 is 0 Å². The number of hydrogen-bond acceptors (Lipinski definition) is 4. The van der Waals surface area contributed by atoms with Gasteiger partial charge in [-0.1, -0.05) is 6.07 Å². The Labute approximate surface area is 164 Å². The van der Waals surface area contributed by atoms with E-state index < -0.39 is 32.5 Å². The van der Waals surface area contributed by atoms with E-state index in [0.29, 0.717) is 17.4 Å². The van der Waals surface area contributed by atoms with E-state index in [9.17, 15) is 26.0 Å². The predicted molar refractivity (Wildman–Crippen MR) is 96.3 cm³/mol. The first-order valence-corrected chi connectivity index (χ1v) is 9.81. The Morgan fingerprint density at radius 2 is 1.83 bits per heavy atom. The average molecular weight is 428 g/mol. The van der Waals surface area contributed by atoms with Crippen molar-refractivity contribution in [3.8, 4) is 5.82 Å². The highest BCUT2D eigenvalue weighted by Gasteiger charge is 2.35. The minimum Gasteiger partial charge on any atom is -0.237 e. The molecule has 0 atom stereocenters. The standard InChI is InChI=1S/C18H16F4N4O2S/c1-11-7-12(2)26(25-11)17-6-3-13(9-23-17)10-24-29(27,28)14-4-5-16(19)15(8-14)18(20,21)22/h3-9,24H,10H2,1-2H3. The van der Waals surface area contributed by atoms with Gasteiger partial charge in [0.15, 0.2) is 5.82 Å². The predicted octanol–water partition coefficient (Wildman–Crippen LogP) is 3.52. The van der Waals surface area contributed by atoms with Gasteiger partial charge in [0.2, 0.25) is 10.0 Å². The lowest BCUT2D eigenvalue weighted by molar-refractivity contribution is -0.140. The minimum absolute atomic E-state index is 0.203. The van der Waals surface area contributed by atoms with Gasteiger partial charge >= 0.3 is 6.18 Å². The third-order valence-corrected chi connectivity index (χ3v) is 5.45. The topological polar surface area (TPSA) is 76.9 Å². The van der Waals surface area contributed by atoms with Crippen molar-refractivity contribution in [1.29, 1.82) is 0 Å². The number of aromatic nitrogens is 3. The summed E-state index contributed by atoms with van der Waals surface area (Å²) in [6.45, 7) is 3.50. The van der Waals surface area contributed by atoms with Crippen molar-refractivity contribution < 1.29 is 26.0 Å². The van der Waals surface area contributed by atoms with Crippen molar-refractivity contribution in [3.05, 3.63) is 70.9 Å². The number of hydrogen-bond donors (Lipinski definition) is 1. The highest BCUT2D eigenvalue weighted by molar-refractivity contribution is 7.89. The number of benzene rings is 1. The molecule has 29 heavy (non-hydrogen) atoms. The Bertz CT molecular complexity index is 1140. The summed E-state index contributed by atoms with van der Waals surface area (Å²) in [5.74, 6) is -1.00. The molecule has 11 heteroatoms. The number of alkyl halides is 3. The normalized spacial score (nSPS) is 12.3. The molecule has 1 N–H and O–H groups in total. The van der Waals surface area contributed by atoms with Crippen LogP contribution in [0.4, 0.5) is 17.6 Å². The molecule has 1 aromatic carbocycles. The van der Waals surface area contributed by atoms with E-state index in [4.69, 9.17) is 0 Å². The lowest BCUT2D eigenvalue weighted by atomic mass is 10.2. The van der Waals surface area contributed by atoms with Gasteiger partial charge in [0.1, 0.15) is 5.82 Å². The van der Waals surface area contributed by atoms with Crippen LogP contribution < -0.4 is 4.72 Å². The molecule has 0 aliphatic carbocycles. The Morgan fingerprint density at radius 1 is 1.10 bits per heavy atom. The summed E-state index contributed by atoms with van der Waals surface area (Å²) < 4.78 is 80.2. The molecule has 2 aromatic heterocycles. The lowest BCUT2D eigenvalue weighted by Gasteiger charge is -2.11. The highest BCUT2D eigenvalue weighted by atomic mass is 32.2. The molecule has 3 aromatic rings. The Hall–Kier alpha value is -2.79. The first-order chi connectivity index (χ1) is 13.5. The number of aryl methyl sites for hydroxylation is 2. The van der Waals surface area contributed by atoms with Crippen LogP contribution in [0.1, 0.15) is 22.5 Å². The summed E-state index contributed by atoms with van der Waals surface area (Å²) in [7, 11) is -4.29. The molecular weight excluding hydrogens is 412 g/mol. The zero-order chi connectivity index (χ0) is 21.4. The Balaban J connectivity index is 1.76. The number of sulfonamides is 1. The maximum absolute atomic E-state index is 13.4. The number of nitrogens with zero attached hydrogens (tertiary/aromatic N) is 3. The second-order valence-corrected chi connectivity index (χ2v) is 8.09. The second-order valence-electron chi connectivity index (χ2n) is 6.33. The van der Waals surface area contributed by atoms with E-state index in [1.54, 1.807) is 16.8 Å². The van der Waals surface area contributed by atoms with Crippen molar-refractivity contribution in [2.45, 2.75) is 31.5 Å². The van der Waals surface area contributed by atoms with Crippen LogP contribution in [0.2, 0.25) is 0 Å². The molecule has 0 fully saturated rings. The van der Waals surface area contributed by atoms with Crippen LogP contribution in [0, 0.1) is 19.7 Å². The molecule has 2 heterocycles. The van der Waals surface area contributed by atoms with Crippen molar-refractivity contribution in [1.82, 2.24) is 19.5 Å². The van der Waals surface area contributed by atoms with Crippen molar-refractivity contribution >= 4 is 10.0 Å². The molecule has 0 saturated heterocycles. The van der Waals surface area contributed by atoms with E-state index in [2.05, 4.69) is 14.8 Å². The summed E-state index contributed by atoms with van der Waals surface area (Å²) in [6, 6.07) is 6.65. The molecule has 0 bridgehead atoms. The average Bonchev–Trinajstić information content (AvgIpc) is 2.98. The van der Waals surface area contributed by atoms with Gasteiger partial charge in [0.05, 0.1) is 16.2 Å². The van der Waals surface area contributed by atoms with Gasteiger partial charge in [0, 0.05) is 18.4 Å². The van der Waals surface area contributed by atoms with Crippen molar-refractivity contribution in [2.75, 3.05) is 0 Å². The third-order valence-electron chi connectivity index (χ3n) is 4.06. The molecule has 0 spiro atoms. The molecule has 0 radical (unpaired) electrons. The highest BCUT2D eigenvalue weighted by Crippen LogP contribution is 2.32. The van der Waals surface area contributed by atoms with Gasteiger partial charge in [-0.25, -0.2) is 27.2 Å². The zero-order valence-electron chi connectivity index (χ0n) is 15.3. The fourth-order valence-corrected chi connectivity index (χ4v) is 3.70. The van der Waals surface area contributed by atoms with Crippen LogP contribution in [-0.2, 0) is 22.7 Å². The summed E-state index contributed by atoms with van der Waals surface area (Å²) in [4.78, 5) is 3.54. The summed E-state index contributed by atoms with van der Waals surface area (Å²) >= 11 is 0. The second kappa shape index (κ2) is 7.56. The monoisotopic (exact) mass is 428 g/mol. The molecule has 0 amide bonds.